The predicted molar refractivity (Wildman–Crippen MR) is 90.3 cm³/mol. The lowest BCUT2D eigenvalue weighted by Crippen LogP contribution is -2.30. The van der Waals surface area contributed by atoms with Gasteiger partial charge in [-0.05, 0) is 42.7 Å². The smallest absolute Gasteiger partial charge is 0.0663 e. The lowest BCUT2D eigenvalue weighted by molar-refractivity contribution is 0.132. The van der Waals surface area contributed by atoms with Crippen molar-refractivity contribution < 1.29 is 4.74 Å². The molecule has 22 heavy (non-hydrogen) atoms. The van der Waals surface area contributed by atoms with Crippen molar-refractivity contribution in [1.82, 2.24) is 9.88 Å². The van der Waals surface area contributed by atoms with Crippen LogP contribution in [0.25, 0.3) is 16.8 Å². The molecule has 3 heteroatoms. The standard InChI is InChI=1S/C19H22N2O/c1-13-8-17(16-6-5-7-20-10-16)9-18-11-21(14(2)12-22-4)15(3)19(13)18/h5-10,14H,3,11-12H2,1-2,4H3. The van der Waals surface area contributed by atoms with Crippen LogP contribution in [0.15, 0.2) is 43.2 Å². The van der Waals surface area contributed by atoms with E-state index in [2.05, 4.69) is 48.5 Å². The highest BCUT2D eigenvalue weighted by molar-refractivity contribution is 5.76. The third kappa shape index (κ3) is 2.53. The van der Waals surface area contributed by atoms with Crippen molar-refractivity contribution in [2.45, 2.75) is 26.4 Å². The maximum Gasteiger partial charge on any atom is 0.0663 e. The quantitative estimate of drug-likeness (QED) is 0.855. The van der Waals surface area contributed by atoms with E-state index in [1.165, 1.54) is 22.3 Å². The van der Waals surface area contributed by atoms with Gasteiger partial charge in [-0.2, -0.15) is 0 Å². The average molecular weight is 294 g/mol. The summed E-state index contributed by atoms with van der Waals surface area (Å²) in [6, 6.07) is 8.90. The van der Waals surface area contributed by atoms with Gasteiger partial charge in [0.2, 0.25) is 0 Å². The second-order valence-electron chi connectivity index (χ2n) is 5.95. The van der Waals surface area contributed by atoms with Crippen molar-refractivity contribution in [3.63, 3.8) is 0 Å². The van der Waals surface area contributed by atoms with E-state index in [-0.39, 0.29) is 0 Å². The average Bonchev–Trinajstić information content (AvgIpc) is 2.86. The predicted octanol–water partition coefficient (Wildman–Crippen LogP) is 3.88. The van der Waals surface area contributed by atoms with E-state index in [4.69, 9.17) is 4.74 Å². The lowest BCUT2D eigenvalue weighted by atomic mass is 9.96. The van der Waals surface area contributed by atoms with Gasteiger partial charge in [-0.1, -0.05) is 18.7 Å². The number of methoxy groups -OCH3 is 1. The van der Waals surface area contributed by atoms with Crippen molar-refractivity contribution in [2.75, 3.05) is 13.7 Å². The number of hydrogen-bond donors (Lipinski definition) is 0. The summed E-state index contributed by atoms with van der Waals surface area (Å²) in [5.74, 6) is 0. The van der Waals surface area contributed by atoms with E-state index in [1.54, 1.807) is 13.3 Å². The summed E-state index contributed by atoms with van der Waals surface area (Å²) in [5, 5.41) is 0. The molecule has 0 fully saturated rings. The third-order valence-corrected chi connectivity index (χ3v) is 4.33. The van der Waals surface area contributed by atoms with Crippen LogP contribution in [-0.2, 0) is 11.3 Å². The van der Waals surface area contributed by atoms with Crippen molar-refractivity contribution in [2.24, 2.45) is 0 Å². The van der Waals surface area contributed by atoms with Gasteiger partial charge in [0, 0.05) is 48.9 Å². The molecule has 2 aromatic rings. The van der Waals surface area contributed by atoms with E-state index in [9.17, 15) is 0 Å². The molecule has 1 aliphatic rings. The number of pyridine rings is 1. The Morgan fingerprint density at radius 3 is 2.86 bits per heavy atom. The Morgan fingerprint density at radius 1 is 1.36 bits per heavy atom. The van der Waals surface area contributed by atoms with Crippen molar-refractivity contribution >= 4 is 5.70 Å². The Hall–Kier alpha value is -2.13. The molecule has 1 unspecified atom stereocenters. The topological polar surface area (TPSA) is 25.4 Å². The Kier molecular flexibility index (Phi) is 3.99. The summed E-state index contributed by atoms with van der Waals surface area (Å²) in [4.78, 5) is 6.55. The van der Waals surface area contributed by atoms with Crippen LogP contribution in [0.2, 0.25) is 0 Å². The molecule has 1 atom stereocenters. The minimum absolute atomic E-state index is 0.325. The number of ether oxygens (including phenoxy) is 1. The van der Waals surface area contributed by atoms with Crippen LogP contribution in [-0.4, -0.2) is 29.6 Å². The monoisotopic (exact) mass is 294 g/mol. The molecular formula is C19H22N2O. The first-order valence-corrected chi connectivity index (χ1v) is 7.60. The van der Waals surface area contributed by atoms with Gasteiger partial charge in [0.1, 0.15) is 0 Å². The molecule has 3 nitrogen and oxygen atoms in total. The van der Waals surface area contributed by atoms with E-state index in [1.807, 2.05) is 12.3 Å². The molecule has 0 bridgehead atoms. The van der Waals surface area contributed by atoms with Gasteiger partial charge in [-0.15, -0.1) is 0 Å². The minimum Gasteiger partial charge on any atom is -0.383 e. The molecule has 3 rings (SSSR count). The molecule has 2 heterocycles. The maximum absolute atomic E-state index is 5.30. The van der Waals surface area contributed by atoms with Gasteiger partial charge in [-0.3, -0.25) is 4.98 Å². The van der Waals surface area contributed by atoms with Crippen LogP contribution in [0.1, 0.15) is 23.6 Å². The summed E-state index contributed by atoms with van der Waals surface area (Å²) < 4.78 is 5.30. The second-order valence-corrected chi connectivity index (χ2v) is 5.95. The number of aromatic nitrogens is 1. The summed E-state index contributed by atoms with van der Waals surface area (Å²) in [6.45, 7) is 10.2. The molecule has 0 N–H and O–H groups in total. The lowest BCUT2D eigenvalue weighted by Gasteiger charge is -2.26. The highest BCUT2D eigenvalue weighted by atomic mass is 16.5. The fourth-order valence-corrected chi connectivity index (χ4v) is 3.27. The first-order chi connectivity index (χ1) is 10.6. The molecule has 1 aliphatic heterocycles. The van der Waals surface area contributed by atoms with Gasteiger partial charge in [0.15, 0.2) is 0 Å². The van der Waals surface area contributed by atoms with Gasteiger partial charge in [0.05, 0.1) is 6.61 Å². The third-order valence-electron chi connectivity index (χ3n) is 4.33. The van der Waals surface area contributed by atoms with Crippen LogP contribution in [0, 0.1) is 6.92 Å². The highest BCUT2D eigenvalue weighted by Crippen LogP contribution is 2.38. The Labute approximate surface area is 132 Å². The summed E-state index contributed by atoms with van der Waals surface area (Å²) >= 11 is 0. The van der Waals surface area contributed by atoms with Crippen LogP contribution in [0.3, 0.4) is 0 Å². The normalized spacial score (nSPS) is 15.0. The number of aryl methyl sites for hydroxylation is 1. The highest BCUT2D eigenvalue weighted by Gasteiger charge is 2.27. The molecule has 1 aromatic heterocycles. The number of rotatable bonds is 4. The summed E-state index contributed by atoms with van der Waals surface area (Å²) in [6.07, 6.45) is 3.72. The molecule has 0 aliphatic carbocycles. The number of fused-ring (bicyclic) bond motifs is 1. The molecule has 0 amide bonds. The van der Waals surface area contributed by atoms with Gasteiger partial charge in [-0.25, -0.2) is 0 Å². The van der Waals surface area contributed by atoms with Crippen molar-refractivity contribution in [1.29, 1.82) is 0 Å². The van der Waals surface area contributed by atoms with E-state index < -0.39 is 0 Å². The first kappa shape index (κ1) is 14.8. The van der Waals surface area contributed by atoms with E-state index in [0.29, 0.717) is 12.6 Å². The molecule has 1 aromatic carbocycles. The Balaban J connectivity index is 1.98. The maximum atomic E-state index is 5.30. The van der Waals surface area contributed by atoms with Crippen molar-refractivity contribution in [3.8, 4) is 11.1 Å². The molecule has 0 saturated heterocycles. The van der Waals surface area contributed by atoms with Crippen LogP contribution in [0.5, 0.6) is 0 Å². The minimum atomic E-state index is 0.325. The molecular weight excluding hydrogens is 272 g/mol. The van der Waals surface area contributed by atoms with E-state index >= 15 is 0 Å². The second kappa shape index (κ2) is 5.93. The van der Waals surface area contributed by atoms with Crippen LogP contribution < -0.4 is 0 Å². The zero-order valence-corrected chi connectivity index (χ0v) is 13.5. The zero-order chi connectivity index (χ0) is 15.7. The SMILES string of the molecule is C=C1c2c(C)cc(-c3cccnc3)cc2CN1C(C)COC. The van der Waals surface area contributed by atoms with Crippen molar-refractivity contribution in [3.05, 3.63) is 59.9 Å². The summed E-state index contributed by atoms with van der Waals surface area (Å²) in [5.41, 5.74) is 7.38. The largest absolute Gasteiger partial charge is 0.383 e. The molecule has 114 valence electrons. The van der Waals surface area contributed by atoms with E-state index in [0.717, 1.165) is 17.8 Å². The summed E-state index contributed by atoms with van der Waals surface area (Å²) in [7, 11) is 1.74. The fraction of sp³-hybridized carbons (Fsp3) is 0.316. The van der Waals surface area contributed by atoms with Gasteiger partial charge >= 0.3 is 0 Å². The zero-order valence-electron chi connectivity index (χ0n) is 13.5. The van der Waals surface area contributed by atoms with Crippen LogP contribution in [0.4, 0.5) is 0 Å². The Morgan fingerprint density at radius 2 is 2.18 bits per heavy atom. The number of nitrogens with zero attached hydrogens (tertiary/aromatic N) is 2. The number of hydrogen-bond acceptors (Lipinski definition) is 3. The van der Waals surface area contributed by atoms with Gasteiger partial charge in [0.25, 0.3) is 0 Å². The van der Waals surface area contributed by atoms with Crippen LogP contribution >= 0.6 is 0 Å². The molecule has 0 spiro atoms. The Bertz CT molecular complexity index is 694. The first-order valence-electron chi connectivity index (χ1n) is 7.60. The fourth-order valence-electron chi connectivity index (χ4n) is 3.27. The number of benzene rings is 1. The van der Waals surface area contributed by atoms with Gasteiger partial charge < -0.3 is 9.64 Å². The molecule has 0 radical (unpaired) electrons. The molecule has 0 saturated carbocycles.